The number of aliphatic hydroxyl groups is 1. The number of para-hydroxylation sites is 1. The third-order valence-corrected chi connectivity index (χ3v) is 5.51. The van der Waals surface area contributed by atoms with Crippen LogP contribution in [0.15, 0.2) is 35.1 Å². The summed E-state index contributed by atoms with van der Waals surface area (Å²) in [6.45, 7) is 3.62. The maximum atomic E-state index is 13.8. The van der Waals surface area contributed by atoms with E-state index in [-0.39, 0.29) is 24.0 Å². The van der Waals surface area contributed by atoms with Crippen LogP contribution in [0.3, 0.4) is 0 Å². The van der Waals surface area contributed by atoms with Gasteiger partial charge in [-0.1, -0.05) is 12.1 Å². The molecule has 27 heavy (non-hydrogen) atoms. The number of aryl methyl sites for hydroxylation is 1. The number of hydrogen-bond donors (Lipinski definition) is 4. The van der Waals surface area contributed by atoms with E-state index in [1.807, 2.05) is 0 Å². The minimum atomic E-state index is -1.13. The monoisotopic (exact) mass is 373 g/mol. The number of hydrogen-bond acceptors (Lipinski definition) is 5. The van der Waals surface area contributed by atoms with E-state index in [0.717, 1.165) is 5.56 Å². The molecule has 2 aromatic carbocycles. The molecule has 0 aromatic heterocycles. The number of aromatic hydroxyl groups is 2. The predicted octanol–water partition coefficient (Wildman–Crippen LogP) is 2.87. The van der Waals surface area contributed by atoms with Crippen molar-refractivity contribution in [2.75, 3.05) is 11.9 Å². The molecule has 0 saturated heterocycles. The van der Waals surface area contributed by atoms with Gasteiger partial charge in [0, 0.05) is 12.1 Å². The van der Waals surface area contributed by atoms with Crippen molar-refractivity contribution in [3.8, 4) is 11.5 Å². The summed E-state index contributed by atoms with van der Waals surface area (Å²) >= 11 is 0. The number of rotatable bonds is 4. The highest BCUT2D eigenvalue weighted by Crippen LogP contribution is 2.39. The van der Waals surface area contributed by atoms with E-state index in [9.17, 15) is 24.5 Å². The van der Waals surface area contributed by atoms with E-state index in [0.29, 0.717) is 36.1 Å². The first-order valence-corrected chi connectivity index (χ1v) is 8.99. The van der Waals surface area contributed by atoms with Gasteiger partial charge >= 0.3 is 0 Å². The molecule has 4 N–H and O–H groups in total. The van der Waals surface area contributed by atoms with Crippen LogP contribution in [0, 0.1) is 18.7 Å². The largest absolute Gasteiger partial charge is 0.504 e. The molecular formula is C21H24FNO4. The number of benzene rings is 1. The molecule has 5 nitrogen and oxygen atoms in total. The Morgan fingerprint density at radius 3 is 2.63 bits per heavy atom. The smallest absolute Gasteiger partial charge is 0.224 e. The second-order valence-corrected chi connectivity index (χ2v) is 7.48. The van der Waals surface area contributed by atoms with Gasteiger partial charge in [-0.05, 0) is 68.4 Å². The van der Waals surface area contributed by atoms with Gasteiger partial charge in [0.1, 0.15) is 5.82 Å². The van der Waals surface area contributed by atoms with Crippen molar-refractivity contribution in [1.29, 1.82) is 0 Å². The van der Waals surface area contributed by atoms with Gasteiger partial charge < -0.3 is 20.6 Å². The molecule has 2 unspecified atom stereocenters. The van der Waals surface area contributed by atoms with Gasteiger partial charge in [0.2, 0.25) is 11.2 Å². The number of nitrogens with one attached hydrogen (secondary N) is 1. The lowest BCUT2D eigenvalue weighted by molar-refractivity contribution is 0.00522. The lowest BCUT2D eigenvalue weighted by Crippen LogP contribution is -2.44. The Balaban J connectivity index is 1.85. The molecule has 0 fully saturated rings. The fraction of sp³-hybridized carbons (Fsp3) is 0.381. The van der Waals surface area contributed by atoms with E-state index < -0.39 is 16.8 Å². The highest BCUT2D eigenvalue weighted by Gasteiger charge is 2.36. The minimum Gasteiger partial charge on any atom is -0.504 e. The Hall–Kier alpha value is -2.60. The predicted molar refractivity (Wildman–Crippen MR) is 102 cm³/mol. The van der Waals surface area contributed by atoms with Crippen LogP contribution >= 0.6 is 0 Å². The second kappa shape index (κ2) is 7.19. The molecule has 1 aliphatic carbocycles. The molecule has 1 aliphatic rings. The van der Waals surface area contributed by atoms with E-state index in [1.54, 1.807) is 32.0 Å². The molecule has 3 rings (SSSR count). The van der Waals surface area contributed by atoms with Gasteiger partial charge in [-0.15, -0.1) is 0 Å². The first-order valence-electron chi connectivity index (χ1n) is 8.99. The molecule has 0 spiro atoms. The number of halogens is 1. The molecule has 0 bridgehead atoms. The van der Waals surface area contributed by atoms with E-state index in [1.165, 1.54) is 12.1 Å². The topological polar surface area (TPSA) is 89.8 Å². The van der Waals surface area contributed by atoms with Crippen LogP contribution in [0.2, 0.25) is 0 Å². The highest BCUT2D eigenvalue weighted by molar-refractivity contribution is 5.51. The van der Waals surface area contributed by atoms with Crippen molar-refractivity contribution in [3.05, 3.63) is 63.1 Å². The molecule has 2 atom stereocenters. The van der Waals surface area contributed by atoms with Crippen molar-refractivity contribution in [2.45, 2.75) is 38.7 Å². The molecule has 0 amide bonds. The van der Waals surface area contributed by atoms with Crippen LogP contribution in [-0.2, 0) is 12.8 Å². The van der Waals surface area contributed by atoms with Crippen LogP contribution < -0.4 is 10.7 Å². The zero-order valence-corrected chi connectivity index (χ0v) is 15.4. The van der Waals surface area contributed by atoms with Crippen molar-refractivity contribution < 1.29 is 19.7 Å². The van der Waals surface area contributed by atoms with Gasteiger partial charge in [0.25, 0.3) is 0 Å². The third-order valence-electron chi connectivity index (χ3n) is 5.51. The standard InChI is InChI=1S/C21H24FNO4/c1-12-9-18(24)20(26)19(25)14-8-7-13(10-15(12)14)21(2,27)11-23-17-6-4-3-5-16(17)22/h3-6,9,13,23,27H,7-8,10-11H2,1-2H3,(H2,24,25,26). The first kappa shape index (κ1) is 19.2. The zero-order chi connectivity index (χ0) is 19.8. The van der Waals surface area contributed by atoms with E-state index >= 15 is 0 Å². The van der Waals surface area contributed by atoms with Crippen molar-refractivity contribution in [1.82, 2.24) is 0 Å². The summed E-state index contributed by atoms with van der Waals surface area (Å²) in [6, 6.07) is 7.60. The Morgan fingerprint density at radius 2 is 1.93 bits per heavy atom. The van der Waals surface area contributed by atoms with Crippen LogP contribution in [0.5, 0.6) is 11.5 Å². The number of anilines is 1. The highest BCUT2D eigenvalue weighted by atomic mass is 19.1. The minimum absolute atomic E-state index is 0.151. The maximum Gasteiger partial charge on any atom is 0.224 e. The molecular weight excluding hydrogens is 349 g/mol. The summed E-state index contributed by atoms with van der Waals surface area (Å²) in [6.07, 6.45) is 1.46. The zero-order valence-electron chi connectivity index (χ0n) is 15.4. The molecule has 0 aliphatic heterocycles. The molecule has 0 radical (unpaired) electrons. The fourth-order valence-electron chi connectivity index (χ4n) is 3.77. The Kier molecular flexibility index (Phi) is 5.11. The second-order valence-electron chi connectivity index (χ2n) is 7.48. The Bertz CT molecular complexity index is 927. The van der Waals surface area contributed by atoms with Crippen LogP contribution in [0.25, 0.3) is 0 Å². The molecule has 0 saturated carbocycles. The average molecular weight is 373 g/mol. The van der Waals surface area contributed by atoms with Crippen molar-refractivity contribution in [3.63, 3.8) is 0 Å². The summed E-state index contributed by atoms with van der Waals surface area (Å²) < 4.78 is 13.8. The lowest BCUT2D eigenvalue weighted by Gasteiger charge is -2.37. The summed E-state index contributed by atoms with van der Waals surface area (Å²) in [7, 11) is 0. The van der Waals surface area contributed by atoms with E-state index in [4.69, 9.17) is 0 Å². The quantitative estimate of drug-likeness (QED) is 0.662. The SMILES string of the molecule is Cc1cc(=O)c(O)c(O)c2c1CC(C(C)(O)CNc1ccccc1F)CC2. The average Bonchev–Trinajstić information content (AvgIpc) is 2.72. The van der Waals surface area contributed by atoms with Gasteiger partial charge in [-0.25, -0.2) is 4.39 Å². The molecule has 144 valence electrons. The van der Waals surface area contributed by atoms with Crippen LogP contribution in [0.4, 0.5) is 10.1 Å². The molecule has 0 heterocycles. The van der Waals surface area contributed by atoms with Crippen molar-refractivity contribution >= 4 is 5.69 Å². The first-order chi connectivity index (χ1) is 12.7. The maximum absolute atomic E-state index is 13.8. The Morgan fingerprint density at radius 1 is 1.22 bits per heavy atom. The fourth-order valence-corrected chi connectivity index (χ4v) is 3.77. The van der Waals surface area contributed by atoms with Gasteiger partial charge in [0.15, 0.2) is 5.75 Å². The lowest BCUT2D eigenvalue weighted by atomic mass is 9.74. The van der Waals surface area contributed by atoms with Gasteiger partial charge in [-0.3, -0.25) is 4.79 Å². The van der Waals surface area contributed by atoms with Crippen LogP contribution in [0.1, 0.15) is 30.0 Å². The normalized spacial score (nSPS) is 18.4. The molecule has 2 aromatic rings. The summed E-state index contributed by atoms with van der Waals surface area (Å²) in [5, 5.41) is 34.0. The van der Waals surface area contributed by atoms with Gasteiger partial charge in [0.05, 0.1) is 11.3 Å². The summed E-state index contributed by atoms with van der Waals surface area (Å²) in [5.74, 6) is -1.54. The number of fused-ring (bicyclic) bond motifs is 1. The third kappa shape index (κ3) is 3.76. The molecule has 6 heteroatoms. The summed E-state index contributed by atoms with van der Waals surface area (Å²) in [4.78, 5) is 11.9. The Labute approximate surface area is 157 Å². The van der Waals surface area contributed by atoms with Crippen molar-refractivity contribution in [2.24, 2.45) is 5.92 Å². The van der Waals surface area contributed by atoms with Crippen LogP contribution in [-0.4, -0.2) is 27.5 Å². The summed E-state index contributed by atoms with van der Waals surface area (Å²) in [5.41, 5.74) is 0.583. The van der Waals surface area contributed by atoms with E-state index in [2.05, 4.69) is 5.32 Å². The van der Waals surface area contributed by atoms with Gasteiger partial charge in [-0.2, -0.15) is 0 Å².